The molecule has 2 amide bonds. The lowest BCUT2D eigenvalue weighted by Crippen LogP contribution is -2.33. The van der Waals surface area contributed by atoms with Crippen molar-refractivity contribution in [1.82, 2.24) is 10.2 Å². The second kappa shape index (κ2) is 9.50. The summed E-state index contributed by atoms with van der Waals surface area (Å²) in [5.41, 5.74) is 1.47. The standard InChI is InChI=1S/C25H29FN2O3/c1-2-22(27-25(30)20-15-19(20)17-9-3-5-11-21(17)26)18-10-4-6-12-23(18)31-16-24(29)28-13-7-8-14-28/h3-6,9-12,19-20,22H,2,7-8,13-16H2,1H3,(H,27,30). The van der Waals surface area contributed by atoms with Crippen LogP contribution in [0.3, 0.4) is 0 Å². The maximum absolute atomic E-state index is 14.0. The fourth-order valence-corrected chi connectivity index (χ4v) is 4.38. The van der Waals surface area contributed by atoms with Crippen molar-refractivity contribution in [3.63, 3.8) is 0 Å². The molecule has 2 fully saturated rings. The first-order chi connectivity index (χ1) is 15.1. The Morgan fingerprint density at radius 1 is 1.13 bits per heavy atom. The van der Waals surface area contributed by atoms with E-state index in [1.165, 1.54) is 6.07 Å². The molecule has 0 bridgehead atoms. The van der Waals surface area contributed by atoms with Gasteiger partial charge >= 0.3 is 0 Å². The van der Waals surface area contributed by atoms with Crippen LogP contribution >= 0.6 is 0 Å². The fourth-order valence-electron chi connectivity index (χ4n) is 4.38. The first-order valence-electron chi connectivity index (χ1n) is 11.1. The molecule has 1 aliphatic heterocycles. The average Bonchev–Trinajstić information content (AvgIpc) is 3.39. The minimum Gasteiger partial charge on any atom is -0.483 e. The number of ether oxygens (including phenoxy) is 1. The van der Waals surface area contributed by atoms with Gasteiger partial charge in [0.1, 0.15) is 11.6 Å². The van der Waals surface area contributed by atoms with E-state index in [4.69, 9.17) is 4.74 Å². The Labute approximate surface area is 182 Å². The predicted octanol–water partition coefficient (Wildman–Crippen LogP) is 4.20. The quantitative estimate of drug-likeness (QED) is 0.691. The minimum atomic E-state index is -0.253. The van der Waals surface area contributed by atoms with Gasteiger partial charge in [0.25, 0.3) is 5.91 Å². The van der Waals surface area contributed by atoms with Gasteiger partial charge in [0.2, 0.25) is 5.91 Å². The van der Waals surface area contributed by atoms with Gasteiger partial charge in [0, 0.05) is 24.6 Å². The van der Waals surface area contributed by atoms with Crippen LogP contribution in [0.2, 0.25) is 0 Å². The third-order valence-electron chi connectivity index (χ3n) is 6.26. The third-order valence-corrected chi connectivity index (χ3v) is 6.26. The first kappa shape index (κ1) is 21.3. The lowest BCUT2D eigenvalue weighted by molar-refractivity contribution is -0.132. The zero-order valence-corrected chi connectivity index (χ0v) is 17.9. The van der Waals surface area contributed by atoms with Gasteiger partial charge in [-0.25, -0.2) is 4.39 Å². The topological polar surface area (TPSA) is 58.6 Å². The lowest BCUT2D eigenvalue weighted by Gasteiger charge is -2.22. The SMILES string of the molecule is CCC(NC(=O)C1CC1c1ccccc1F)c1ccccc1OCC(=O)N1CCCC1. The summed E-state index contributed by atoms with van der Waals surface area (Å²) in [4.78, 5) is 27.0. The molecule has 2 aliphatic rings. The number of benzene rings is 2. The van der Waals surface area contributed by atoms with Crippen LogP contribution < -0.4 is 10.1 Å². The van der Waals surface area contributed by atoms with Crippen molar-refractivity contribution in [2.24, 2.45) is 5.92 Å². The van der Waals surface area contributed by atoms with E-state index in [1.54, 1.807) is 18.2 Å². The zero-order chi connectivity index (χ0) is 21.8. The van der Waals surface area contributed by atoms with E-state index < -0.39 is 0 Å². The number of likely N-dealkylation sites (tertiary alicyclic amines) is 1. The van der Waals surface area contributed by atoms with E-state index in [-0.39, 0.29) is 42.1 Å². The van der Waals surface area contributed by atoms with Crippen LogP contribution in [-0.2, 0) is 9.59 Å². The van der Waals surface area contributed by atoms with Crippen molar-refractivity contribution in [3.05, 3.63) is 65.5 Å². The van der Waals surface area contributed by atoms with Gasteiger partial charge in [-0.1, -0.05) is 43.3 Å². The Hall–Kier alpha value is -2.89. The summed E-state index contributed by atoms with van der Waals surface area (Å²) >= 11 is 0. The molecule has 3 atom stereocenters. The smallest absolute Gasteiger partial charge is 0.260 e. The number of hydrogen-bond acceptors (Lipinski definition) is 3. The molecule has 2 aromatic rings. The van der Waals surface area contributed by atoms with E-state index >= 15 is 0 Å². The molecule has 1 saturated heterocycles. The second-order valence-electron chi connectivity index (χ2n) is 8.35. The van der Waals surface area contributed by atoms with E-state index in [0.29, 0.717) is 24.2 Å². The summed E-state index contributed by atoms with van der Waals surface area (Å²) in [5, 5.41) is 3.11. The van der Waals surface area contributed by atoms with Gasteiger partial charge in [0.05, 0.1) is 6.04 Å². The van der Waals surface area contributed by atoms with Crippen LogP contribution in [0.4, 0.5) is 4.39 Å². The molecule has 0 spiro atoms. The number of carbonyl (C=O) groups is 2. The molecular weight excluding hydrogens is 395 g/mol. The number of amides is 2. The summed E-state index contributed by atoms with van der Waals surface area (Å²) in [5.74, 6) is 0.0112. The van der Waals surface area contributed by atoms with Crippen LogP contribution in [-0.4, -0.2) is 36.4 Å². The van der Waals surface area contributed by atoms with E-state index in [9.17, 15) is 14.0 Å². The zero-order valence-electron chi connectivity index (χ0n) is 17.9. The Morgan fingerprint density at radius 2 is 1.84 bits per heavy atom. The number of carbonyl (C=O) groups excluding carboxylic acids is 2. The van der Waals surface area contributed by atoms with Gasteiger partial charge < -0.3 is 15.0 Å². The highest BCUT2D eigenvalue weighted by atomic mass is 19.1. The third kappa shape index (κ3) is 4.89. The van der Waals surface area contributed by atoms with Crippen molar-refractivity contribution in [2.75, 3.05) is 19.7 Å². The summed E-state index contributed by atoms with van der Waals surface area (Å²) < 4.78 is 19.9. The van der Waals surface area contributed by atoms with E-state index in [1.807, 2.05) is 36.1 Å². The van der Waals surface area contributed by atoms with E-state index in [0.717, 1.165) is 31.5 Å². The lowest BCUT2D eigenvalue weighted by atomic mass is 10.0. The largest absolute Gasteiger partial charge is 0.483 e. The molecule has 4 rings (SSSR count). The molecule has 164 valence electrons. The van der Waals surface area contributed by atoms with Gasteiger partial charge in [-0.05, 0) is 49.3 Å². The van der Waals surface area contributed by atoms with Gasteiger partial charge in [-0.2, -0.15) is 0 Å². The molecular formula is C25H29FN2O3. The van der Waals surface area contributed by atoms with Crippen LogP contribution in [0.1, 0.15) is 55.7 Å². The number of para-hydroxylation sites is 1. The molecule has 1 aliphatic carbocycles. The number of nitrogens with one attached hydrogen (secondary N) is 1. The van der Waals surface area contributed by atoms with Crippen molar-refractivity contribution in [2.45, 2.75) is 44.6 Å². The summed E-state index contributed by atoms with van der Waals surface area (Å²) in [6.07, 6.45) is 3.43. The highest BCUT2D eigenvalue weighted by Crippen LogP contribution is 2.48. The van der Waals surface area contributed by atoms with E-state index in [2.05, 4.69) is 5.32 Å². The first-order valence-corrected chi connectivity index (χ1v) is 11.1. The molecule has 0 radical (unpaired) electrons. The molecule has 0 aromatic heterocycles. The Kier molecular flexibility index (Phi) is 6.54. The second-order valence-corrected chi connectivity index (χ2v) is 8.35. The molecule has 1 saturated carbocycles. The molecule has 2 aromatic carbocycles. The van der Waals surface area contributed by atoms with Crippen LogP contribution in [0, 0.1) is 11.7 Å². The highest BCUT2D eigenvalue weighted by molar-refractivity contribution is 5.83. The monoisotopic (exact) mass is 424 g/mol. The normalized spacial score (nSPS) is 20.9. The molecule has 1 heterocycles. The number of rotatable bonds is 8. The van der Waals surface area contributed by atoms with Crippen molar-refractivity contribution < 1.29 is 18.7 Å². The number of nitrogens with zero attached hydrogens (tertiary/aromatic N) is 1. The molecule has 31 heavy (non-hydrogen) atoms. The van der Waals surface area contributed by atoms with Gasteiger partial charge in [-0.15, -0.1) is 0 Å². The summed E-state index contributed by atoms with van der Waals surface area (Å²) in [6, 6.07) is 14.0. The maximum Gasteiger partial charge on any atom is 0.260 e. The minimum absolute atomic E-state index is 0.000618. The summed E-state index contributed by atoms with van der Waals surface area (Å²) in [7, 11) is 0. The Morgan fingerprint density at radius 3 is 2.58 bits per heavy atom. The van der Waals surface area contributed by atoms with Crippen LogP contribution in [0.15, 0.2) is 48.5 Å². The molecule has 6 heteroatoms. The Bertz CT molecular complexity index is 942. The molecule has 1 N–H and O–H groups in total. The van der Waals surface area contributed by atoms with Crippen LogP contribution in [0.5, 0.6) is 5.75 Å². The summed E-state index contributed by atoms with van der Waals surface area (Å²) in [6.45, 7) is 3.59. The predicted molar refractivity (Wildman–Crippen MR) is 116 cm³/mol. The highest BCUT2D eigenvalue weighted by Gasteiger charge is 2.45. The van der Waals surface area contributed by atoms with Crippen molar-refractivity contribution in [3.8, 4) is 5.75 Å². The average molecular weight is 425 g/mol. The van der Waals surface area contributed by atoms with Gasteiger partial charge in [-0.3, -0.25) is 9.59 Å². The van der Waals surface area contributed by atoms with Gasteiger partial charge in [0.15, 0.2) is 6.61 Å². The Balaban J connectivity index is 1.39. The number of hydrogen-bond donors (Lipinski definition) is 1. The fraction of sp³-hybridized carbons (Fsp3) is 0.440. The van der Waals surface area contributed by atoms with Crippen molar-refractivity contribution >= 4 is 11.8 Å². The van der Waals surface area contributed by atoms with Crippen LogP contribution in [0.25, 0.3) is 0 Å². The molecule has 3 unspecified atom stereocenters. The maximum atomic E-state index is 14.0. The number of halogens is 1. The molecule has 5 nitrogen and oxygen atoms in total. The van der Waals surface area contributed by atoms with Crippen molar-refractivity contribution in [1.29, 1.82) is 0 Å².